The van der Waals surface area contributed by atoms with Crippen LogP contribution in [0.4, 0.5) is 24.8 Å². The molecule has 2 aromatic rings. The second kappa shape index (κ2) is 5.74. The van der Waals surface area contributed by atoms with Crippen LogP contribution in [-0.4, -0.2) is 16.3 Å². The third-order valence-electron chi connectivity index (χ3n) is 2.27. The number of nitrogens with two attached hydrogens (primary N) is 1. The van der Waals surface area contributed by atoms with Crippen molar-refractivity contribution in [3.63, 3.8) is 0 Å². The number of hydrogen-bond acceptors (Lipinski definition) is 5. The van der Waals surface area contributed by atoms with Gasteiger partial charge in [0.15, 0.2) is 0 Å². The van der Waals surface area contributed by atoms with Gasteiger partial charge in [0.2, 0.25) is 5.95 Å². The van der Waals surface area contributed by atoms with Gasteiger partial charge in [-0.2, -0.15) is 0 Å². The Kier molecular flexibility index (Phi) is 4.04. The lowest BCUT2D eigenvalue weighted by atomic mass is 10.3. The Bertz CT molecular complexity index is 572. The van der Waals surface area contributed by atoms with Crippen LogP contribution in [0.1, 0.15) is 5.69 Å². The van der Waals surface area contributed by atoms with E-state index in [9.17, 15) is 13.2 Å². The molecule has 1 heterocycles. The average molecular weight is 284 g/mol. The van der Waals surface area contributed by atoms with Crippen LogP contribution in [-0.2, 0) is 6.54 Å². The molecule has 20 heavy (non-hydrogen) atoms. The van der Waals surface area contributed by atoms with E-state index in [4.69, 9.17) is 5.73 Å². The van der Waals surface area contributed by atoms with Crippen LogP contribution in [0.25, 0.3) is 0 Å². The van der Waals surface area contributed by atoms with Gasteiger partial charge in [0.05, 0.1) is 5.69 Å². The summed E-state index contributed by atoms with van der Waals surface area (Å²) in [5, 5.41) is 2.85. The van der Waals surface area contributed by atoms with Gasteiger partial charge in [-0.15, -0.1) is 13.2 Å². The highest BCUT2D eigenvalue weighted by molar-refractivity contribution is 5.54. The number of hydrogen-bond donors (Lipinski definition) is 2. The maximum Gasteiger partial charge on any atom is 0.573 e. The molecule has 0 radical (unpaired) electrons. The zero-order chi connectivity index (χ0) is 14.6. The molecule has 0 aliphatic carbocycles. The van der Waals surface area contributed by atoms with Gasteiger partial charge in [-0.1, -0.05) is 0 Å². The molecule has 0 fully saturated rings. The van der Waals surface area contributed by atoms with Crippen molar-refractivity contribution in [3.8, 4) is 5.75 Å². The van der Waals surface area contributed by atoms with Crippen molar-refractivity contribution in [1.29, 1.82) is 0 Å². The maximum absolute atomic E-state index is 12.0. The van der Waals surface area contributed by atoms with Crippen LogP contribution >= 0.6 is 0 Å². The fourth-order valence-corrected chi connectivity index (χ4v) is 1.44. The molecule has 3 N–H and O–H groups in total. The van der Waals surface area contributed by atoms with Crippen LogP contribution in [0.3, 0.4) is 0 Å². The second-order valence-corrected chi connectivity index (χ2v) is 3.77. The van der Waals surface area contributed by atoms with E-state index in [-0.39, 0.29) is 12.3 Å². The molecular formula is C12H11F3N4O. The van der Waals surface area contributed by atoms with Crippen molar-refractivity contribution in [3.05, 3.63) is 42.2 Å². The lowest BCUT2D eigenvalue weighted by Gasteiger charge is -2.10. The molecule has 0 bridgehead atoms. The summed E-state index contributed by atoms with van der Waals surface area (Å²) in [4.78, 5) is 8.09. The minimum Gasteiger partial charge on any atom is -0.406 e. The minimum atomic E-state index is -4.70. The summed E-state index contributed by atoms with van der Waals surface area (Å²) in [6.45, 7) is 0.273. The zero-order valence-electron chi connectivity index (χ0n) is 10.2. The first-order valence-corrected chi connectivity index (χ1v) is 5.61. The average Bonchev–Trinajstić information content (AvgIpc) is 2.40. The van der Waals surface area contributed by atoms with Crippen LogP contribution in [0.5, 0.6) is 5.75 Å². The lowest BCUT2D eigenvalue weighted by Crippen LogP contribution is -2.17. The molecular weight excluding hydrogens is 273 g/mol. The van der Waals surface area contributed by atoms with Gasteiger partial charge >= 0.3 is 6.36 Å². The number of nitrogens with one attached hydrogen (secondary N) is 1. The molecule has 0 saturated carbocycles. The summed E-state index contributed by atoms with van der Waals surface area (Å²) in [6.07, 6.45) is -3.16. The van der Waals surface area contributed by atoms with E-state index in [1.165, 1.54) is 24.3 Å². The first-order valence-electron chi connectivity index (χ1n) is 5.61. The van der Waals surface area contributed by atoms with E-state index < -0.39 is 6.36 Å². The molecule has 2 rings (SSSR count). The quantitative estimate of drug-likeness (QED) is 0.902. The number of halogens is 3. The fourth-order valence-electron chi connectivity index (χ4n) is 1.44. The molecule has 0 aliphatic heterocycles. The van der Waals surface area contributed by atoms with Crippen molar-refractivity contribution >= 4 is 11.6 Å². The van der Waals surface area contributed by atoms with E-state index in [2.05, 4.69) is 20.0 Å². The van der Waals surface area contributed by atoms with Crippen LogP contribution < -0.4 is 15.8 Å². The molecule has 1 aromatic carbocycles. The highest BCUT2D eigenvalue weighted by Crippen LogP contribution is 2.24. The van der Waals surface area contributed by atoms with Crippen LogP contribution in [0.15, 0.2) is 36.5 Å². The Hall–Kier alpha value is -2.35. The van der Waals surface area contributed by atoms with Gasteiger partial charge in [-0.3, -0.25) is 0 Å². The summed E-state index contributed by atoms with van der Waals surface area (Å²) >= 11 is 0. The Morgan fingerprint density at radius 1 is 1.15 bits per heavy atom. The lowest BCUT2D eigenvalue weighted by molar-refractivity contribution is -0.274. The molecule has 0 spiro atoms. The predicted molar refractivity (Wildman–Crippen MR) is 66.3 cm³/mol. The molecule has 0 unspecified atom stereocenters. The van der Waals surface area contributed by atoms with Crippen molar-refractivity contribution < 1.29 is 17.9 Å². The number of benzene rings is 1. The standard InChI is InChI=1S/C12H11F3N4O/c13-12(14,15)20-10-3-1-8(2-4-10)18-11-17-6-5-9(7-16)19-11/h1-6H,7,16H2,(H,17,18,19). The number of aromatic nitrogens is 2. The fraction of sp³-hybridized carbons (Fsp3) is 0.167. The summed E-state index contributed by atoms with van der Waals surface area (Å²) in [5.74, 6) is 0.0251. The van der Waals surface area contributed by atoms with Crippen molar-refractivity contribution in [2.75, 3.05) is 5.32 Å². The molecule has 0 atom stereocenters. The van der Waals surface area contributed by atoms with E-state index in [0.717, 1.165) is 0 Å². The maximum atomic E-state index is 12.0. The van der Waals surface area contributed by atoms with Gasteiger partial charge in [0.25, 0.3) is 0 Å². The van der Waals surface area contributed by atoms with Gasteiger partial charge in [-0.05, 0) is 30.3 Å². The number of nitrogens with zero attached hydrogens (tertiary/aromatic N) is 2. The van der Waals surface area contributed by atoms with Crippen molar-refractivity contribution in [2.45, 2.75) is 12.9 Å². The van der Waals surface area contributed by atoms with E-state index in [1.54, 1.807) is 12.3 Å². The smallest absolute Gasteiger partial charge is 0.406 e. The Morgan fingerprint density at radius 2 is 1.85 bits per heavy atom. The number of alkyl halides is 3. The molecule has 8 heteroatoms. The molecule has 0 amide bonds. The topological polar surface area (TPSA) is 73.1 Å². The van der Waals surface area contributed by atoms with Gasteiger partial charge in [-0.25, -0.2) is 9.97 Å². The highest BCUT2D eigenvalue weighted by Gasteiger charge is 2.30. The van der Waals surface area contributed by atoms with E-state index in [1.807, 2.05) is 0 Å². The summed E-state index contributed by atoms with van der Waals surface area (Å²) in [5.41, 5.74) is 6.64. The molecule has 1 aromatic heterocycles. The zero-order valence-corrected chi connectivity index (χ0v) is 10.2. The van der Waals surface area contributed by atoms with Crippen LogP contribution in [0.2, 0.25) is 0 Å². The third-order valence-corrected chi connectivity index (χ3v) is 2.27. The SMILES string of the molecule is NCc1ccnc(Nc2ccc(OC(F)(F)F)cc2)n1. The molecule has 0 aliphatic rings. The van der Waals surface area contributed by atoms with Gasteiger partial charge in [0.1, 0.15) is 5.75 Å². The van der Waals surface area contributed by atoms with Gasteiger partial charge < -0.3 is 15.8 Å². The number of anilines is 2. The van der Waals surface area contributed by atoms with Crippen molar-refractivity contribution in [2.24, 2.45) is 5.73 Å². The van der Waals surface area contributed by atoms with Gasteiger partial charge in [0, 0.05) is 18.4 Å². The number of ether oxygens (including phenoxy) is 1. The van der Waals surface area contributed by atoms with Crippen molar-refractivity contribution in [1.82, 2.24) is 9.97 Å². The first kappa shape index (κ1) is 14.1. The predicted octanol–water partition coefficient (Wildman–Crippen LogP) is 2.58. The minimum absolute atomic E-state index is 0.273. The van der Waals surface area contributed by atoms with E-state index in [0.29, 0.717) is 17.3 Å². The normalized spacial score (nSPS) is 11.2. The van der Waals surface area contributed by atoms with Crippen LogP contribution in [0, 0.1) is 0 Å². The Morgan fingerprint density at radius 3 is 2.45 bits per heavy atom. The summed E-state index contributed by atoms with van der Waals surface area (Å²) < 4.78 is 39.8. The monoisotopic (exact) mass is 284 g/mol. The summed E-state index contributed by atoms with van der Waals surface area (Å²) in [6, 6.07) is 6.93. The second-order valence-electron chi connectivity index (χ2n) is 3.77. The molecule has 5 nitrogen and oxygen atoms in total. The highest BCUT2D eigenvalue weighted by atomic mass is 19.4. The Labute approximate surface area is 112 Å². The van der Waals surface area contributed by atoms with E-state index >= 15 is 0 Å². The molecule has 0 saturated heterocycles. The first-order chi connectivity index (χ1) is 9.46. The summed E-state index contributed by atoms with van der Waals surface area (Å²) in [7, 11) is 0. The number of rotatable bonds is 4. The third kappa shape index (κ3) is 4.09. The largest absolute Gasteiger partial charge is 0.573 e. The molecule has 106 valence electrons. The Balaban J connectivity index is 2.06.